The Morgan fingerprint density at radius 1 is 1.64 bits per heavy atom. The molecule has 1 aromatic heterocycles. The van der Waals surface area contributed by atoms with E-state index >= 15 is 0 Å². The molecule has 0 aliphatic carbocycles. The number of thioether (sulfide) groups is 1. The molecule has 0 saturated carbocycles. The van der Waals surface area contributed by atoms with Crippen LogP contribution in [0.4, 0.5) is 0 Å². The molecule has 2 heterocycles. The van der Waals surface area contributed by atoms with Crippen LogP contribution in [0.15, 0.2) is 9.64 Å². The lowest BCUT2D eigenvalue weighted by atomic mass is 10.6. The largest absolute Gasteiger partial charge is 0.416 e. The van der Waals surface area contributed by atoms with Gasteiger partial charge >= 0.3 is 0 Å². The molecule has 0 bridgehead atoms. The normalized spacial score (nSPS) is 22.1. The zero-order valence-corrected chi connectivity index (χ0v) is 6.93. The Bertz CT molecular complexity index is 246. The average molecular weight is 172 g/mol. The first kappa shape index (κ1) is 7.12. The molecule has 60 valence electrons. The van der Waals surface area contributed by atoms with E-state index in [1.807, 2.05) is 0 Å². The highest BCUT2D eigenvalue weighted by Gasteiger charge is 2.23. The zero-order chi connectivity index (χ0) is 7.68. The van der Waals surface area contributed by atoms with Crippen LogP contribution in [0.2, 0.25) is 0 Å². The van der Waals surface area contributed by atoms with Crippen molar-refractivity contribution in [2.24, 2.45) is 0 Å². The van der Waals surface area contributed by atoms with Gasteiger partial charge in [0, 0.05) is 12.7 Å². The Hall–Kier alpha value is -0.550. The molecule has 1 aromatic rings. The Labute approximate surface area is 68.3 Å². The molecule has 2 rings (SSSR count). The van der Waals surface area contributed by atoms with Gasteiger partial charge in [-0.15, -0.1) is 10.2 Å². The molecule has 0 aromatic carbocycles. The van der Waals surface area contributed by atoms with Crippen molar-refractivity contribution >= 4 is 11.8 Å². The third-order valence-corrected chi connectivity index (χ3v) is 2.25. The zero-order valence-electron chi connectivity index (χ0n) is 6.11. The minimum Gasteiger partial charge on any atom is -0.416 e. The van der Waals surface area contributed by atoms with Gasteiger partial charge in [-0.1, -0.05) is 11.8 Å². The van der Waals surface area contributed by atoms with Crippen LogP contribution in [-0.4, -0.2) is 28.7 Å². The van der Waals surface area contributed by atoms with E-state index in [0.29, 0.717) is 17.2 Å². The van der Waals surface area contributed by atoms with Crippen LogP contribution < -0.4 is 0 Å². The van der Waals surface area contributed by atoms with Crippen LogP contribution in [0.1, 0.15) is 5.89 Å². The van der Waals surface area contributed by atoms with Gasteiger partial charge < -0.3 is 9.15 Å². The van der Waals surface area contributed by atoms with E-state index in [0.717, 1.165) is 12.4 Å². The van der Waals surface area contributed by atoms with Gasteiger partial charge in [0.2, 0.25) is 5.89 Å². The van der Waals surface area contributed by atoms with E-state index < -0.39 is 0 Å². The number of epoxide rings is 1. The fourth-order valence-corrected chi connectivity index (χ4v) is 1.46. The summed E-state index contributed by atoms with van der Waals surface area (Å²) in [4.78, 5) is 0. The minimum atomic E-state index is 0.409. The predicted molar refractivity (Wildman–Crippen MR) is 39.5 cm³/mol. The van der Waals surface area contributed by atoms with Gasteiger partial charge in [0.25, 0.3) is 5.22 Å². The Balaban J connectivity index is 1.85. The van der Waals surface area contributed by atoms with Crippen molar-refractivity contribution in [1.82, 2.24) is 10.2 Å². The van der Waals surface area contributed by atoms with Gasteiger partial charge in [-0.05, 0) is 0 Å². The number of hydrogen-bond acceptors (Lipinski definition) is 5. The van der Waals surface area contributed by atoms with Crippen molar-refractivity contribution in [3.63, 3.8) is 0 Å². The summed E-state index contributed by atoms with van der Waals surface area (Å²) in [5, 5.41) is 8.18. The van der Waals surface area contributed by atoms with Crippen molar-refractivity contribution in [2.75, 3.05) is 12.4 Å². The third kappa shape index (κ3) is 1.94. The molecule has 1 aliphatic rings. The van der Waals surface area contributed by atoms with Gasteiger partial charge in [-0.2, -0.15) is 0 Å². The lowest BCUT2D eigenvalue weighted by Gasteiger charge is -1.87. The second kappa shape index (κ2) is 2.83. The molecule has 0 spiro atoms. The summed E-state index contributed by atoms with van der Waals surface area (Å²) in [6.45, 7) is 2.66. The summed E-state index contributed by atoms with van der Waals surface area (Å²) in [5.74, 6) is 1.53. The molecule has 11 heavy (non-hydrogen) atoms. The molecule has 1 fully saturated rings. The van der Waals surface area contributed by atoms with E-state index in [1.165, 1.54) is 0 Å². The first-order chi connectivity index (χ1) is 5.34. The molecule has 0 N–H and O–H groups in total. The summed E-state index contributed by atoms with van der Waals surface area (Å²) in [6, 6.07) is 0. The summed E-state index contributed by atoms with van der Waals surface area (Å²) < 4.78 is 10.2. The Morgan fingerprint density at radius 2 is 2.45 bits per heavy atom. The summed E-state index contributed by atoms with van der Waals surface area (Å²) in [5.41, 5.74) is 0. The van der Waals surface area contributed by atoms with E-state index in [2.05, 4.69) is 10.2 Å². The number of rotatable bonds is 3. The quantitative estimate of drug-likeness (QED) is 0.500. The maximum absolute atomic E-state index is 5.15. The third-order valence-electron chi connectivity index (χ3n) is 1.30. The van der Waals surface area contributed by atoms with Gasteiger partial charge in [0.05, 0.1) is 12.7 Å². The van der Waals surface area contributed by atoms with Crippen molar-refractivity contribution in [1.29, 1.82) is 0 Å². The van der Waals surface area contributed by atoms with E-state index in [-0.39, 0.29) is 0 Å². The maximum atomic E-state index is 5.15. The molecule has 5 heteroatoms. The van der Waals surface area contributed by atoms with Crippen molar-refractivity contribution in [2.45, 2.75) is 18.3 Å². The first-order valence-electron chi connectivity index (χ1n) is 3.39. The van der Waals surface area contributed by atoms with Crippen LogP contribution in [0.25, 0.3) is 0 Å². The number of nitrogens with zero attached hydrogens (tertiary/aromatic N) is 2. The van der Waals surface area contributed by atoms with Gasteiger partial charge in [-0.3, -0.25) is 0 Å². The number of hydrogen-bond donors (Lipinski definition) is 0. The van der Waals surface area contributed by atoms with Crippen molar-refractivity contribution in [3.8, 4) is 0 Å². The molecule has 1 saturated heterocycles. The smallest absolute Gasteiger partial charge is 0.276 e. The van der Waals surface area contributed by atoms with Crippen molar-refractivity contribution < 1.29 is 9.15 Å². The highest BCUT2D eigenvalue weighted by molar-refractivity contribution is 7.99. The van der Waals surface area contributed by atoms with E-state index in [4.69, 9.17) is 9.15 Å². The fraction of sp³-hybridized carbons (Fsp3) is 0.667. The molecule has 0 unspecified atom stereocenters. The monoisotopic (exact) mass is 172 g/mol. The molecular weight excluding hydrogens is 164 g/mol. The van der Waals surface area contributed by atoms with Crippen LogP contribution in [0.5, 0.6) is 0 Å². The molecule has 1 atom stereocenters. The SMILES string of the molecule is Cc1nnc(SC[C@H]2CO2)o1. The summed E-state index contributed by atoms with van der Waals surface area (Å²) >= 11 is 1.55. The van der Waals surface area contributed by atoms with E-state index in [9.17, 15) is 0 Å². The van der Waals surface area contributed by atoms with Crippen LogP contribution in [0.3, 0.4) is 0 Å². The van der Waals surface area contributed by atoms with Crippen LogP contribution in [0, 0.1) is 6.92 Å². The highest BCUT2D eigenvalue weighted by atomic mass is 32.2. The first-order valence-corrected chi connectivity index (χ1v) is 4.37. The Kier molecular flexibility index (Phi) is 1.83. The second-order valence-electron chi connectivity index (χ2n) is 2.35. The topological polar surface area (TPSA) is 51.5 Å². The van der Waals surface area contributed by atoms with Crippen molar-refractivity contribution in [3.05, 3.63) is 5.89 Å². The molecule has 0 radical (unpaired) electrons. The van der Waals surface area contributed by atoms with E-state index in [1.54, 1.807) is 18.7 Å². The average Bonchev–Trinajstić information content (AvgIpc) is 2.72. The standard InChI is InChI=1S/C6H8N2O2S/c1-4-7-8-6(10-4)11-3-5-2-9-5/h5H,2-3H2,1H3/t5-/m1/s1. The molecule has 0 amide bonds. The number of aryl methyl sites for hydroxylation is 1. The second-order valence-corrected chi connectivity index (χ2v) is 3.32. The summed E-state index contributed by atoms with van der Waals surface area (Å²) in [6.07, 6.45) is 0.409. The van der Waals surface area contributed by atoms with Gasteiger partial charge in [-0.25, -0.2) is 0 Å². The molecular formula is C6H8N2O2S. The summed E-state index contributed by atoms with van der Waals surface area (Å²) in [7, 11) is 0. The predicted octanol–water partition coefficient (Wildman–Crippen LogP) is 0.869. The molecule has 4 nitrogen and oxygen atoms in total. The van der Waals surface area contributed by atoms with Crippen LogP contribution in [-0.2, 0) is 4.74 Å². The van der Waals surface area contributed by atoms with Gasteiger partial charge in [0.1, 0.15) is 0 Å². The van der Waals surface area contributed by atoms with Gasteiger partial charge in [0.15, 0.2) is 0 Å². The number of aromatic nitrogens is 2. The lowest BCUT2D eigenvalue weighted by molar-refractivity contribution is 0.418. The maximum Gasteiger partial charge on any atom is 0.276 e. The molecule has 1 aliphatic heterocycles. The highest BCUT2D eigenvalue weighted by Crippen LogP contribution is 2.22. The Morgan fingerprint density at radius 3 is 3.00 bits per heavy atom. The minimum absolute atomic E-state index is 0.409. The fourth-order valence-electron chi connectivity index (χ4n) is 0.665. The van der Waals surface area contributed by atoms with Crippen LogP contribution >= 0.6 is 11.8 Å². The number of ether oxygens (including phenoxy) is 1. The lowest BCUT2D eigenvalue weighted by Crippen LogP contribution is -1.87.